The van der Waals surface area contributed by atoms with Gasteiger partial charge in [0.05, 0.1) is 17.8 Å². The third-order valence-electron chi connectivity index (χ3n) is 3.78. The van der Waals surface area contributed by atoms with E-state index in [1.54, 1.807) is 19.2 Å². The minimum absolute atomic E-state index is 0.167. The summed E-state index contributed by atoms with van der Waals surface area (Å²) < 4.78 is 10.3. The molecule has 0 atom stereocenters. The number of nitrogens with one attached hydrogen (secondary N) is 1. The van der Waals surface area contributed by atoms with E-state index in [0.29, 0.717) is 28.8 Å². The van der Waals surface area contributed by atoms with Gasteiger partial charge >= 0.3 is 0 Å². The Labute approximate surface area is 156 Å². The number of rotatable bonds is 6. The van der Waals surface area contributed by atoms with Gasteiger partial charge < -0.3 is 14.6 Å². The first-order chi connectivity index (χ1) is 12.5. The highest BCUT2D eigenvalue weighted by molar-refractivity contribution is 6.33. The SMILES string of the molecule is COc1ccc(-c2noc(CCC(=O)Nc3ccc(C)cc3Cl)n2)cc1. The van der Waals surface area contributed by atoms with E-state index in [0.717, 1.165) is 16.9 Å². The fourth-order valence-corrected chi connectivity index (χ4v) is 2.65. The quantitative estimate of drug-likeness (QED) is 0.699. The lowest BCUT2D eigenvalue weighted by molar-refractivity contribution is -0.116. The van der Waals surface area contributed by atoms with Crippen molar-refractivity contribution in [2.24, 2.45) is 0 Å². The predicted molar refractivity (Wildman–Crippen MR) is 99.4 cm³/mol. The minimum Gasteiger partial charge on any atom is -0.497 e. The molecule has 0 unspecified atom stereocenters. The Morgan fingerprint density at radius 3 is 2.69 bits per heavy atom. The molecule has 3 rings (SSSR count). The zero-order chi connectivity index (χ0) is 18.5. The number of hydrogen-bond donors (Lipinski definition) is 1. The van der Waals surface area contributed by atoms with Crippen molar-refractivity contribution in [3.63, 3.8) is 0 Å². The molecule has 0 saturated heterocycles. The van der Waals surface area contributed by atoms with Crippen molar-refractivity contribution in [2.75, 3.05) is 12.4 Å². The summed E-state index contributed by atoms with van der Waals surface area (Å²) in [7, 11) is 1.61. The zero-order valence-electron chi connectivity index (χ0n) is 14.5. The number of halogens is 1. The van der Waals surface area contributed by atoms with Crippen LogP contribution >= 0.6 is 11.6 Å². The Morgan fingerprint density at radius 2 is 2.00 bits per heavy atom. The highest BCUT2D eigenvalue weighted by Crippen LogP contribution is 2.23. The molecule has 6 nitrogen and oxygen atoms in total. The van der Waals surface area contributed by atoms with Gasteiger partial charge in [0.1, 0.15) is 5.75 Å². The van der Waals surface area contributed by atoms with E-state index in [-0.39, 0.29) is 12.3 Å². The van der Waals surface area contributed by atoms with Gasteiger partial charge in [0, 0.05) is 18.4 Å². The Bertz CT molecular complexity index is 907. The molecule has 0 radical (unpaired) electrons. The highest BCUT2D eigenvalue weighted by Gasteiger charge is 2.12. The molecule has 0 aliphatic rings. The molecule has 1 N–H and O–H groups in total. The lowest BCUT2D eigenvalue weighted by Crippen LogP contribution is -2.12. The van der Waals surface area contributed by atoms with Crippen LogP contribution in [0.3, 0.4) is 0 Å². The number of hydrogen-bond acceptors (Lipinski definition) is 5. The van der Waals surface area contributed by atoms with Crippen LogP contribution in [0.2, 0.25) is 5.02 Å². The number of carbonyl (C=O) groups is 1. The van der Waals surface area contributed by atoms with Crippen molar-refractivity contribution < 1.29 is 14.1 Å². The van der Waals surface area contributed by atoms with Crippen LogP contribution in [-0.4, -0.2) is 23.2 Å². The van der Waals surface area contributed by atoms with Gasteiger partial charge in [0.25, 0.3) is 0 Å². The summed E-state index contributed by atoms with van der Waals surface area (Å²) in [5, 5.41) is 7.24. The molecular weight excluding hydrogens is 354 g/mol. The molecule has 3 aromatic rings. The number of nitrogens with zero attached hydrogens (tertiary/aromatic N) is 2. The van der Waals surface area contributed by atoms with E-state index in [1.807, 2.05) is 37.3 Å². The molecule has 2 aromatic carbocycles. The normalized spacial score (nSPS) is 10.6. The van der Waals surface area contributed by atoms with Gasteiger partial charge in [-0.15, -0.1) is 0 Å². The van der Waals surface area contributed by atoms with Crippen molar-refractivity contribution >= 4 is 23.2 Å². The molecule has 0 saturated carbocycles. The van der Waals surface area contributed by atoms with Crippen LogP contribution in [0.5, 0.6) is 5.75 Å². The van der Waals surface area contributed by atoms with E-state index in [1.165, 1.54) is 0 Å². The molecule has 26 heavy (non-hydrogen) atoms. The molecular formula is C19H18ClN3O3. The number of amides is 1. The fraction of sp³-hybridized carbons (Fsp3) is 0.211. The molecule has 1 heterocycles. The first-order valence-corrected chi connectivity index (χ1v) is 8.46. The maximum atomic E-state index is 12.1. The number of anilines is 1. The van der Waals surface area contributed by atoms with Gasteiger partial charge in [-0.05, 0) is 48.9 Å². The molecule has 0 fully saturated rings. The molecule has 0 spiro atoms. The summed E-state index contributed by atoms with van der Waals surface area (Å²) in [5.41, 5.74) is 2.44. The summed E-state index contributed by atoms with van der Waals surface area (Å²) in [6.45, 7) is 1.94. The zero-order valence-corrected chi connectivity index (χ0v) is 15.2. The molecule has 0 aliphatic heterocycles. The maximum Gasteiger partial charge on any atom is 0.227 e. The largest absolute Gasteiger partial charge is 0.497 e. The van der Waals surface area contributed by atoms with Crippen molar-refractivity contribution in [2.45, 2.75) is 19.8 Å². The number of aromatic nitrogens is 2. The second-order valence-electron chi connectivity index (χ2n) is 5.77. The van der Waals surface area contributed by atoms with E-state index >= 15 is 0 Å². The lowest BCUT2D eigenvalue weighted by atomic mass is 10.2. The molecule has 1 aromatic heterocycles. The van der Waals surface area contributed by atoms with Gasteiger partial charge in [0.15, 0.2) is 0 Å². The van der Waals surface area contributed by atoms with Gasteiger partial charge in [-0.25, -0.2) is 0 Å². The molecule has 0 bridgehead atoms. The third-order valence-corrected chi connectivity index (χ3v) is 4.09. The van der Waals surface area contributed by atoms with Gasteiger partial charge in [-0.1, -0.05) is 22.8 Å². The Hall–Kier alpha value is -2.86. The summed E-state index contributed by atoms with van der Waals surface area (Å²) in [5.74, 6) is 1.47. The van der Waals surface area contributed by atoms with Crippen molar-refractivity contribution in [1.82, 2.24) is 10.1 Å². The monoisotopic (exact) mass is 371 g/mol. The Kier molecular flexibility index (Phi) is 5.53. The summed E-state index contributed by atoms with van der Waals surface area (Å²) >= 11 is 6.12. The summed E-state index contributed by atoms with van der Waals surface area (Å²) in [6, 6.07) is 12.8. The van der Waals surface area contributed by atoms with Gasteiger partial charge in [-0.2, -0.15) is 4.98 Å². The van der Waals surface area contributed by atoms with Crippen LogP contribution in [0.15, 0.2) is 47.0 Å². The summed E-state index contributed by atoms with van der Waals surface area (Å²) in [6.07, 6.45) is 0.562. The van der Waals surface area contributed by atoms with Crippen LogP contribution in [0.25, 0.3) is 11.4 Å². The topological polar surface area (TPSA) is 77.2 Å². The summed E-state index contributed by atoms with van der Waals surface area (Å²) in [4.78, 5) is 16.4. The van der Waals surface area contributed by atoms with E-state index < -0.39 is 0 Å². The van der Waals surface area contributed by atoms with Crippen LogP contribution < -0.4 is 10.1 Å². The van der Waals surface area contributed by atoms with Crippen LogP contribution in [0, 0.1) is 6.92 Å². The second-order valence-corrected chi connectivity index (χ2v) is 6.18. The number of aryl methyl sites for hydroxylation is 2. The first-order valence-electron chi connectivity index (χ1n) is 8.08. The van der Waals surface area contributed by atoms with Crippen molar-refractivity contribution in [3.05, 3.63) is 58.9 Å². The molecule has 7 heteroatoms. The molecule has 134 valence electrons. The van der Waals surface area contributed by atoms with Gasteiger partial charge in [0.2, 0.25) is 17.6 Å². The van der Waals surface area contributed by atoms with Crippen LogP contribution in [-0.2, 0) is 11.2 Å². The molecule has 0 aliphatic carbocycles. The Balaban J connectivity index is 1.58. The fourth-order valence-electron chi connectivity index (χ4n) is 2.37. The lowest BCUT2D eigenvalue weighted by Gasteiger charge is -2.07. The average Bonchev–Trinajstić information content (AvgIpc) is 3.11. The third kappa shape index (κ3) is 4.40. The standard InChI is InChI=1S/C19H18ClN3O3/c1-12-3-8-16(15(20)11-12)21-17(24)9-10-18-22-19(23-26-18)13-4-6-14(25-2)7-5-13/h3-8,11H,9-10H2,1-2H3,(H,21,24). The van der Waals surface area contributed by atoms with Gasteiger partial charge in [-0.3, -0.25) is 4.79 Å². The number of benzene rings is 2. The molecule has 1 amide bonds. The highest BCUT2D eigenvalue weighted by atomic mass is 35.5. The average molecular weight is 372 g/mol. The van der Waals surface area contributed by atoms with Crippen LogP contribution in [0.1, 0.15) is 17.9 Å². The number of methoxy groups -OCH3 is 1. The number of carbonyl (C=O) groups excluding carboxylic acids is 1. The number of ether oxygens (including phenoxy) is 1. The van der Waals surface area contributed by atoms with Crippen molar-refractivity contribution in [1.29, 1.82) is 0 Å². The van der Waals surface area contributed by atoms with Crippen molar-refractivity contribution in [3.8, 4) is 17.1 Å². The maximum absolute atomic E-state index is 12.1. The van der Waals surface area contributed by atoms with E-state index in [9.17, 15) is 4.79 Å². The first kappa shape index (κ1) is 17.9. The minimum atomic E-state index is -0.167. The predicted octanol–water partition coefficient (Wildman–Crippen LogP) is 4.28. The smallest absolute Gasteiger partial charge is 0.227 e. The van der Waals surface area contributed by atoms with E-state index in [4.69, 9.17) is 20.9 Å². The Morgan fingerprint density at radius 1 is 1.23 bits per heavy atom. The van der Waals surface area contributed by atoms with E-state index in [2.05, 4.69) is 15.5 Å². The van der Waals surface area contributed by atoms with Crippen LogP contribution in [0.4, 0.5) is 5.69 Å². The second kappa shape index (κ2) is 8.01.